The quantitative estimate of drug-likeness (QED) is 0.575. The topological polar surface area (TPSA) is 67.9 Å². The third-order valence-corrected chi connectivity index (χ3v) is 4.15. The first-order valence-corrected chi connectivity index (χ1v) is 7.90. The van der Waals surface area contributed by atoms with Crippen LogP contribution in [0, 0.1) is 6.92 Å². The molecule has 7 heteroatoms. The molecule has 0 spiro atoms. The smallest absolute Gasteiger partial charge is 0.230 e. The monoisotopic (exact) mass is 307 g/mol. The van der Waals surface area contributed by atoms with E-state index in [0.29, 0.717) is 23.6 Å². The molecule has 0 aliphatic carbocycles. The molecule has 0 saturated heterocycles. The molecule has 2 rings (SSSR count). The summed E-state index contributed by atoms with van der Waals surface area (Å²) in [6.07, 6.45) is 4.88. The lowest BCUT2D eigenvalue weighted by Crippen LogP contribution is -2.17. The predicted molar refractivity (Wildman–Crippen MR) is 81.8 cm³/mol. The molecule has 6 nitrogen and oxygen atoms in total. The Hall–Kier alpha value is -1.47. The van der Waals surface area contributed by atoms with Gasteiger partial charge in [-0.1, -0.05) is 25.6 Å². The molecule has 1 atom stereocenters. The van der Waals surface area contributed by atoms with Gasteiger partial charge in [0, 0.05) is 36.7 Å². The number of rotatable bonds is 7. The van der Waals surface area contributed by atoms with Crippen molar-refractivity contribution in [2.24, 2.45) is 0 Å². The fourth-order valence-electron chi connectivity index (χ4n) is 1.75. The van der Waals surface area contributed by atoms with Crippen LogP contribution in [0.1, 0.15) is 37.6 Å². The first-order valence-electron chi connectivity index (χ1n) is 7.02. The average molecular weight is 307 g/mol. The van der Waals surface area contributed by atoms with Gasteiger partial charge in [-0.2, -0.15) is 0 Å². The van der Waals surface area contributed by atoms with Crippen LogP contribution in [0.15, 0.2) is 22.0 Å². The minimum Gasteiger partial charge on any atom is -0.424 e. The highest BCUT2D eigenvalue weighted by molar-refractivity contribution is 7.99. The molecule has 0 saturated carbocycles. The van der Waals surface area contributed by atoms with Gasteiger partial charge in [0.25, 0.3) is 0 Å². The van der Waals surface area contributed by atoms with Crippen molar-refractivity contribution in [1.82, 2.24) is 25.1 Å². The van der Waals surface area contributed by atoms with Crippen LogP contribution in [0.5, 0.6) is 0 Å². The van der Waals surface area contributed by atoms with E-state index in [0.717, 1.165) is 23.7 Å². The highest BCUT2D eigenvalue weighted by Crippen LogP contribution is 2.20. The summed E-state index contributed by atoms with van der Waals surface area (Å²) in [5.74, 6) is 1.22. The molecule has 0 aliphatic heterocycles. The molecular weight excluding hydrogens is 286 g/mol. The van der Waals surface area contributed by atoms with Crippen molar-refractivity contribution in [2.45, 2.75) is 50.7 Å². The maximum absolute atomic E-state index is 5.37. The zero-order chi connectivity index (χ0) is 15.2. The van der Waals surface area contributed by atoms with E-state index >= 15 is 0 Å². The van der Waals surface area contributed by atoms with Gasteiger partial charge in [-0.15, -0.1) is 10.2 Å². The van der Waals surface area contributed by atoms with Gasteiger partial charge in [0.2, 0.25) is 11.8 Å². The molecule has 0 aliphatic rings. The van der Waals surface area contributed by atoms with Crippen LogP contribution in [-0.2, 0) is 13.1 Å². The molecule has 0 aromatic carbocycles. The average Bonchev–Trinajstić information content (AvgIpc) is 2.86. The molecule has 0 amide bonds. The van der Waals surface area contributed by atoms with Crippen LogP contribution >= 0.6 is 11.8 Å². The zero-order valence-electron chi connectivity index (χ0n) is 12.9. The number of thioether (sulfide) groups is 1. The zero-order valence-corrected chi connectivity index (χ0v) is 13.7. The van der Waals surface area contributed by atoms with E-state index in [4.69, 9.17) is 4.42 Å². The second-order valence-corrected chi connectivity index (χ2v) is 6.50. The number of hydrogen-bond acceptors (Lipinski definition) is 7. The van der Waals surface area contributed by atoms with E-state index in [1.807, 2.05) is 19.4 Å². The highest BCUT2D eigenvalue weighted by Gasteiger charge is 2.09. The van der Waals surface area contributed by atoms with Crippen molar-refractivity contribution in [3.05, 3.63) is 29.7 Å². The Labute approximate surface area is 129 Å². The van der Waals surface area contributed by atoms with Crippen LogP contribution in [0.25, 0.3) is 0 Å². The van der Waals surface area contributed by atoms with Crippen molar-refractivity contribution in [1.29, 1.82) is 0 Å². The van der Waals surface area contributed by atoms with Crippen LogP contribution in [0.3, 0.4) is 0 Å². The van der Waals surface area contributed by atoms with Crippen LogP contribution in [0.2, 0.25) is 0 Å². The van der Waals surface area contributed by atoms with E-state index in [1.165, 1.54) is 0 Å². The summed E-state index contributed by atoms with van der Waals surface area (Å²) in [5.41, 5.74) is 1.07. The van der Waals surface area contributed by atoms with E-state index in [1.54, 1.807) is 18.7 Å². The van der Waals surface area contributed by atoms with E-state index in [2.05, 4.69) is 38.9 Å². The predicted octanol–water partition coefficient (Wildman–Crippen LogP) is 2.69. The third kappa shape index (κ3) is 5.09. The normalized spacial score (nSPS) is 12.8. The Balaban J connectivity index is 1.87. The van der Waals surface area contributed by atoms with Crippen molar-refractivity contribution < 1.29 is 4.42 Å². The third-order valence-electron chi connectivity index (χ3n) is 2.99. The Morgan fingerprint density at radius 2 is 1.95 bits per heavy atom. The lowest BCUT2D eigenvalue weighted by atomic mass is 10.3. The van der Waals surface area contributed by atoms with Gasteiger partial charge < -0.3 is 4.42 Å². The van der Waals surface area contributed by atoms with Crippen molar-refractivity contribution in [3.8, 4) is 0 Å². The second-order valence-electron chi connectivity index (χ2n) is 5.10. The molecule has 0 N–H and O–H groups in total. The van der Waals surface area contributed by atoms with Gasteiger partial charge >= 0.3 is 0 Å². The van der Waals surface area contributed by atoms with Gasteiger partial charge in [0.05, 0.1) is 6.54 Å². The van der Waals surface area contributed by atoms with Gasteiger partial charge in [0.1, 0.15) is 0 Å². The molecule has 0 fully saturated rings. The molecule has 2 aromatic heterocycles. The molecule has 21 heavy (non-hydrogen) atoms. The Bertz CT molecular complexity index is 557. The van der Waals surface area contributed by atoms with Crippen molar-refractivity contribution in [3.63, 3.8) is 0 Å². The van der Waals surface area contributed by atoms with Crippen LogP contribution in [0.4, 0.5) is 0 Å². The van der Waals surface area contributed by atoms with Crippen molar-refractivity contribution in [2.75, 3.05) is 7.05 Å². The summed E-state index contributed by atoms with van der Waals surface area (Å²) in [6.45, 7) is 7.50. The van der Waals surface area contributed by atoms with Gasteiger partial charge in [-0.3, -0.25) is 4.90 Å². The second kappa shape index (κ2) is 7.51. The molecular formula is C14H21N5OS. The number of aromatic nitrogens is 4. The number of hydrogen-bond donors (Lipinski definition) is 0. The SMILES string of the molecule is CCC(C)Sc1ncc(CN(C)Cc2nnc(C)o2)cn1. The van der Waals surface area contributed by atoms with E-state index in [9.17, 15) is 0 Å². The minimum atomic E-state index is 0.541. The molecule has 2 heterocycles. The fraction of sp³-hybridized carbons (Fsp3) is 0.571. The number of aryl methyl sites for hydroxylation is 1. The maximum Gasteiger partial charge on any atom is 0.230 e. The summed E-state index contributed by atoms with van der Waals surface area (Å²) >= 11 is 1.71. The van der Waals surface area contributed by atoms with Crippen molar-refractivity contribution >= 4 is 11.8 Å². The van der Waals surface area contributed by atoms with E-state index in [-0.39, 0.29) is 0 Å². The fourth-order valence-corrected chi connectivity index (χ4v) is 2.50. The summed E-state index contributed by atoms with van der Waals surface area (Å²) in [7, 11) is 2.00. The first-order chi connectivity index (χ1) is 10.1. The Morgan fingerprint density at radius 3 is 2.52 bits per heavy atom. The molecule has 1 unspecified atom stereocenters. The lowest BCUT2D eigenvalue weighted by molar-refractivity contribution is 0.278. The lowest BCUT2D eigenvalue weighted by Gasteiger charge is -2.14. The summed E-state index contributed by atoms with van der Waals surface area (Å²) in [5, 5.41) is 9.19. The Morgan fingerprint density at radius 1 is 1.24 bits per heavy atom. The van der Waals surface area contributed by atoms with Crippen LogP contribution in [-0.4, -0.2) is 37.4 Å². The van der Waals surface area contributed by atoms with E-state index < -0.39 is 0 Å². The molecule has 0 bridgehead atoms. The standard InChI is InChI=1S/C14H21N5OS/c1-5-10(2)21-14-15-6-12(7-16-14)8-19(4)9-13-18-17-11(3)20-13/h6-7,10H,5,8-9H2,1-4H3. The van der Waals surface area contributed by atoms with Crippen LogP contribution < -0.4 is 0 Å². The number of nitrogens with zero attached hydrogens (tertiary/aromatic N) is 5. The summed E-state index contributed by atoms with van der Waals surface area (Å²) in [6, 6.07) is 0. The summed E-state index contributed by atoms with van der Waals surface area (Å²) < 4.78 is 5.37. The summed E-state index contributed by atoms with van der Waals surface area (Å²) in [4.78, 5) is 10.9. The van der Waals surface area contributed by atoms with Gasteiger partial charge in [-0.25, -0.2) is 9.97 Å². The molecule has 2 aromatic rings. The minimum absolute atomic E-state index is 0.541. The largest absolute Gasteiger partial charge is 0.424 e. The van der Waals surface area contributed by atoms with Gasteiger partial charge in [-0.05, 0) is 13.5 Å². The maximum atomic E-state index is 5.37. The van der Waals surface area contributed by atoms with Gasteiger partial charge in [0.15, 0.2) is 5.16 Å². The molecule has 114 valence electrons. The highest BCUT2D eigenvalue weighted by atomic mass is 32.2. The molecule has 0 radical (unpaired) electrons. The first kappa shape index (κ1) is 15.9. The Kier molecular flexibility index (Phi) is 5.69.